The topological polar surface area (TPSA) is 76.0 Å². The minimum absolute atomic E-state index is 0.0324. The predicted molar refractivity (Wildman–Crippen MR) is 58.2 cm³/mol. The van der Waals surface area contributed by atoms with Crippen LogP contribution in [0.5, 0.6) is 0 Å². The van der Waals surface area contributed by atoms with Crippen molar-refractivity contribution in [1.29, 1.82) is 0 Å². The molecule has 92 valence electrons. The van der Waals surface area contributed by atoms with E-state index in [4.69, 9.17) is 30.9 Å². The summed E-state index contributed by atoms with van der Waals surface area (Å²) < 4.78 is 22.0. The lowest BCUT2D eigenvalue weighted by molar-refractivity contribution is 0.0883. The van der Waals surface area contributed by atoms with Crippen molar-refractivity contribution in [2.75, 3.05) is 19.8 Å². The van der Waals surface area contributed by atoms with Gasteiger partial charge in [0.1, 0.15) is 5.12 Å². The third-order valence-electron chi connectivity index (χ3n) is 1.64. The molecule has 0 aliphatic heterocycles. The maximum Gasteiger partial charge on any atom is 0.348 e. The van der Waals surface area contributed by atoms with Crippen molar-refractivity contribution in [2.24, 2.45) is 0 Å². The molecule has 0 rings (SSSR count). The van der Waals surface area contributed by atoms with Crippen molar-refractivity contribution in [3.05, 3.63) is 0 Å². The molecular weight excluding hydrogens is 243 g/mol. The zero-order valence-corrected chi connectivity index (χ0v) is 10.6. The van der Waals surface area contributed by atoms with Crippen LogP contribution in [0.25, 0.3) is 0 Å². The Morgan fingerprint density at radius 1 is 1.33 bits per heavy atom. The van der Waals surface area contributed by atoms with E-state index >= 15 is 0 Å². The van der Waals surface area contributed by atoms with Crippen LogP contribution in [-0.2, 0) is 13.6 Å². The van der Waals surface area contributed by atoms with Gasteiger partial charge in [-0.1, -0.05) is 0 Å². The van der Waals surface area contributed by atoms with Gasteiger partial charge in [-0.2, -0.15) is 0 Å². The van der Waals surface area contributed by atoms with Crippen LogP contribution >= 0.6 is 19.2 Å². The first-order valence-corrected chi connectivity index (χ1v) is 6.86. The third kappa shape index (κ3) is 5.29. The van der Waals surface area contributed by atoms with Crippen LogP contribution in [0.3, 0.4) is 0 Å². The van der Waals surface area contributed by atoms with Crippen molar-refractivity contribution in [3.63, 3.8) is 0 Å². The summed E-state index contributed by atoms with van der Waals surface area (Å²) in [5.74, 6) is 0. The Bertz CT molecular complexity index is 203. The van der Waals surface area contributed by atoms with E-state index in [-0.39, 0.29) is 19.6 Å². The molecule has 0 saturated heterocycles. The Hall–Kier alpha value is 0.360. The van der Waals surface area contributed by atoms with Crippen molar-refractivity contribution in [1.82, 2.24) is 0 Å². The van der Waals surface area contributed by atoms with Crippen molar-refractivity contribution >= 4 is 19.2 Å². The van der Waals surface area contributed by atoms with Gasteiger partial charge in [-0.25, -0.2) is 0 Å². The molecule has 0 saturated carbocycles. The maximum absolute atomic E-state index is 12.0. The Balaban J connectivity index is 4.40. The van der Waals surface area contributed by atoms with Crippen molar-refractivity contribution < 1.29 is 23.8 Å². The highest BCUT2D eigenvalue weighted by Crippen LogP contribution is 2.56. The molecule has 0 bridgehead atoms. The Morgan fingerprint density at radius 2 is 1.80 bits per heavy atom. The molecule has 2 N–H and O–H groups in total. The van der Waals surface area contributed by atoms with Crippen molar-refractivity contribution in [2.45, 2.75) is 31.5 Å². The predicted octanol–water partition coefficient (Wildman–Crippen LogP) is 1.56. The molecule has 0 aromatic heterocycles. The molecule has 15 heavy (non-hydrogen) atoms. The normalized spacial score (nSPS) is 16.3. The summed E-state index contributed by atoms with van der Waals surface area (Å²) in [4.78, 5) is 0. The second-order valence-electron chi connectivity index (χ2n) is 2.88. The van der Waals surface area contributed by atoms with Gasteiger partial charge in [0.2, 0.25) is 0 Å². The van der Waals surface area contributed by atoms with E-state index in [2.05, 4.69) is 0 Å². The highest BCUT2D eigenvalue weighted by atomic mass is 35.5. The number of halogens is 1. The second-order valence-corrected chi connectivity index (χ2v) is 5.93. The van der Waals surface area contributed by atoms with Crippen molar-refractivity contribution in [3.8, 4) is 0 Å². The Labute approximate surface area is 94.9 Å². The molecule has 0 heterocycles. The molecule has 0 amide bonds. The first-order valence-electron chi connectivity index (χ1n) is 4.81. The van der Waals surface area contributed by atoms with Gasteiger partial charge in [0, 0.05) is 6.42 Å². The molecule has 0 fully saturated rings. The summed E-state index contributed by atoms with van der Waals surface area (Å²) in [6.07, 6.45) is -1.04. The van der Waals surface area contributed by atoms with E-state index in [1.807, 2.05) is 0 Å². The minimum Gasteiger partial charge on any atom is -0.394 e. The first kappa shape index (κ1) is 15.4. The number of aliphatic hydroxyl groups is 2. The molecule has 0 aromatic rings. The van der Waals surface area contributed by atoms with Gasteiger partial charge in [-0.3, -0.25) is 4.57 Å². The summed E-state index contributed by atoms with van der Waals surface area (Å²) in [6, 6.07) is 0. The lowest BCUT2D eigenvalue weighted by Crippen LogP contribution is -2.19. The molecule has 7 heteroatoms. The van der Waals surface area contributed by atoms with E-state index in [0.717, 1.165) is 0 Å². The zero-order chi connectivity index (χ0) is 11.9. The fourth-order valence-electron chi connectivity index (χ4n) is 0.987. The third-order valence-corrected chi connectivity index (χ3v) is 4.67. The molecule has 2 atom stereocenters. The fraction of sp³-hybridized carbons (Fsp3) is 1.00. The SMILES string of the molecule is CCOP(=O)(OCC)C(Cl)C[C@H](O)CO. The Morgan fingerprint density at radius 3 is 2.13 bits per heavy atom. The van der Waals surface area contributed by atoms with Gasteiger partial charge >= 0.3 is 7.60 Å². The summed E-state index contributed by atoms with van der Waals surface area (Å²) >= 11 is 5.83. The van der Waals surface area contributed by atoms with Gasteiger partial charge in [-0.05, 0) is 13.8 Å². The van der Waals surface area contributed by atoms with Crippen LogP contribution in [0.15, 0.2) is 0 Å². The lowest BCUT2D eigenvalue weighted by Gasteiger charge is -2.22. The largest absolute Gasteiger partial charge is 0.394 e. The first-order chi connectivity index (χ1) is 7.00. The van der Waals surface area contributed by atoms with E-state index in [9.17, 15) is 4.57 Å². The van der Waals surface area contributed by atoms with Crippen LogP contribution in [0.4, 0.5) is 0 Å². The maximum atomic E-state index is 12.0. The highest BCUT2D eigenvalue weighted by Gasteiger charge is 2.35. The molecule has 5 nitrogen and oxygen atoms in total. The van der Waals surface area contributed by atoms with E-state index in [1.54, 1.807) is 13.8 Å². The van der Waals surface area contributed by atoms with Crippen LogP contribution in [0.1, 0.15) is 20.3 Å². The minimum atomic E-state index is -3.38. The van der Waals surface area contributed by atoms with Crippen LogP contribution in [0, 0.1) is 0 Å². The monoisotopic (exact) mass is 260 g/mol. The summed E-state index contributed by atoms with van der Waals surface area (Å²) in [7, 11) is -3.38. The zero-order valence-electron chi connectivity index (χ0n) is 8.93. The molecular formula is C8H18ClO5P. The average molecular weight is 261 g/mol. The number of rotatable bonds is 8. The summed E-state index contributed by atoms with van der Waals surface area (Å²) in [6.45, 7) is 3.36. The van der Waals surface area contributed by atoms with Crippen LogP contribution < -0.4 is 0 Å². The lowest BCUT2D eigenvalue weighted by atomic mass is 10.3. The molecule has 1 unspecified atom stereocenters. The molecule has 0 aliphatic rings. The van der Waals surface area contributed by atoms with E-state index < -0.39 is 25.4 Å². The van der Waals surface area contributed by atoms with E-state index in [1.165, 1.54) is 0 Å². The summed E-state index contributed by atoms with van der Waals surface area (Å²) in [5.41, 5.74) is 0. The Kier molecular flexibility index (Phi) is 7.79. The van der Waals surface area contributed by atoms with Crippen LogP contribution in [-0.4, -0.2) is 41.3 Å². The smallest absolute Gasteiger partial charge is 0.348 e. The fourth-order valence-corrected chi connectivity index (χ4v) is 3.15. The quantitative estimate of drug-likeness (QED) is 0.512. The standard InChI is InChI=1S/C8H18ClO5P/c1-3-13-15(12,14-4-2)8(9)5-7(11)6-10/h7-8,10-11H,3-6H2,1-2H3/t7-,8?/m0/s1. The van der Waals surface area contributed by atoms with Gasteiger partial charge in [0.25, 0.3) is 0 Å². The highest BCUT2D eigenvalue weighted by molar-refractivity contribution is 7.56. The molecule has 0 spiro atoms. The van der Waals surface area contributed by atoms with Gasteiger partial charge in [0.15, 0.2) is 0 Å². The van der Waals surface area contributed by atoms with Crippen LogP contribution in [0.2, 0.25) is 0 Å². The van der Waals surface area contributed by atoms with Gasteiger partial charge in [0.05, 0.1) is 25.9 Å². The molecule has 0 radical (unpaired) electrons. The van der Waals surface area contributed by atoms with Gasteiger partial charge in [-0.15, -0.1) is 11.6 Å². The number of aliphatic hydroxyl groups excluding tert-OH is 2. The number of hydrogen-bond acceptors (Lipinski definition) is 5. The number of alkyl halides is 1. The molecule has 0 aliphatic carbocycles. The molecule has 0 aromatic carbocycles. The second kappa shape index (κ2) is 7.60. The number of hydrogen-bond donors (Lipinski definition) is 2. The summed E-state index contributed by atoms with van der Waals surface area (Å²) in [5, 5.41) is 16.8. The van der Waals surface area contributed by atoms with Gasteiger partial charge < -0.3 is 19.3 Å². The van der Waals surface area contributed by atoms with E-state index in [0.29, 0.717) is 0 Å². The average Bonchev–Trinajstić information content (AvgIpc) is 2.18.